The third kappa shape index (κ3) is 11.4. The van der Waals surface area contributed by atoms with Crippen molar-refractivity contribution >= 4 is 204 Å². The predicted molar refractivity (Wildman–Crippen MR) is 552 cm³/mol. The van der Waals surface area contributed by atoms with Gasteiger partial charge in [0.25, 0.3) is 0 Å². The quantitative estimate of drug-likeness (QED) is 0.103. The van der Waals surface area contributed by atoms with E-state index in [4.69, 9.17) is 0 Å². The van der Waals surface area contributed by atoms with Crippen LogP contribution >= 0.6 is 0 Å². The second-order valence-corrected chi connectivity index (χ2v) is 34.3. The lowest BCUT2D eigenvalue weighted by Crippen LogP contribution is -2.10. The van der Waals surface area contributed by atoms with Crippen molar-refractivity contribution < 1.29 is 0 Å². The van der Waals surface area contributed by atoms with Crippen molar-refractivity contribution in [3.05, 3.63) is 479 Å². The summed E-state index contributed by atoms with van der Waals surface area (Å²) in [5.41, 5.74) is 29.7. The molecule has 0 bridgehead atoms. The van der Waals surface area contributed by atoms with Gasteiger partial charge in [-0.15, -0.1) is 0 Å². The summed E-state index contributed by atoms with van der Waals surface area (Å²) >= 11 is 0. The summed E-state index contributed by atoms with van der Waals surface area (Å²) in [5.74, 6) is 0. The van der Waals surface area contributed by atoms with Gasteiger partial charge in [-0.2, -0.15) is 0 Å². The molecule has 0 saturated carbocycles. The molecule has 131 heavy (non-hydrogen) atoms. The van der Waals surface area contributed by atoms with Crippen LogP contribution in [0.4, 0.5) is 51.2 Å². The molecule has 27 aromatic rings. The average molecular weight is 1670 g/mol. The highest BCUT2D eigenvalue weighted by Crippen LogP contribution is 2.52. The highest BCUT2D eigenvalue weighted by Gasteiger charge is 2.29. The molecule has 6 heterocycles. The molecule has 612 valence electrons. The maximum atomic E-state index is 2.48. The van der Waals surface area contributed by atoms with E-state index in [9.17, 15) is 0 Å². The van der Waals surface area contributed by atoms with Gasteiger partial charge in [-0.3, -0.25) is 0 Å². The minimum absolute atomic E-state index is 1.03. The zero-order valence-electron chi connectivity index (χ0n) is 71.1. The zero-order chi connectivity index (χ0) is 85.9. The van der Waals surface area contributed by atoms with Crippen LogP contribution in [0.25, 0.3) is 187 Å². The normalized spacial score (nSPS) is 12.0. The molecule has 0 atom stereocenters. The topological polar surface area (TPSA) is 39.3 Å². The summed E-state index contributed by atoms with van der Waals surface area (Å²) < 4.78 is 14.7. The van der Waals surface area contributed by atoms with Crippen molar-refractivity contribution in [1.29, 1.82) is 0 Å². The summed E-state index contributed by atoms with van der Waals surface area (Å²) in [6.07, 6.45) is 0. The lowest BCUT2D eigenvalue weighted by molar-refractivity contribution is 1.17. The van der Waals surface area contributed by atoms with Crippen LogP contribution in [0, 0.1) is 0 Å². The monoisotopic (exact) mass is 1670 g/mol. The first-order valence-electron chi connectivity index (χ1n) is 45.0. The van der Waals surface area contributed by atoms with Gasteiger partial charge in [0.15, 0.2) is 0 Å². The molecule has 0 aliphatic rings. The molecule has 9 heteroatoms. The van der Waals surface area contributed by atoms with E-state index in [0.29, 0.717) is 0 Å². The molecule has 9 nitrogen and oxygen atoms in total. The van der Waals surface area contributed by atoms with E-state index >= 15 is 0 Å². The number of hydrogen-bond donors (Lipinski definition) is 0. The third-order valence-corrected chi connectivity index (χ3v) is 27.2. The average Bonchev–Trinajstić information content (AvgIpc) is 1.55. The Labute approximate surface area is 753 Å². The van der Waals surface area contributed by atoms with Crippen LogP contribution in [0.3, 0.4) is 0 Å². The Morgan fingerprint density at radius 2 is 0.275 bits per heavy atom. The minimum Gasteiger partial charge on any atom is -0.310 e. The molecule has 27 rings (SSSR count). The standard InChI is InChI=1S/C122H79N9/c1-10-32-80(33-11-1)123(89-54-60-97-95-50-28-30-52-107(95)126(113(97)74-89)83-38-16-4-17-39-83)91-56-62-103-115(76-91)128(85-42-20-6-21-43-85)109-70-66-101-99(119(103)109)68-72-111-121(101)105-64-58-93(78-117(105)130(111)87-46-24-8-25-47-87)125(82-36-14-3-15-37-82)94-59-65-106-118(79-94)131(88-48-26-9-27-49-88)112-73-69-100-102(122(106)112)67-71-110-120(100)104-63-57-92(77-116(104)129(110)86-44-22-7-23-45-86)124(81-34-12-2-13-35-81)90-55-61-98-96-51-29-31-53-108(96)127(114(98)75-90)84-40-18-5-19-41-84/h1-79H. The van der Waals surface area contributed by atoms with Gasteiger partial charge >= 0.3 is 0 Å². The van der Waals surface area contributed by atoms with Crippen LogP contribution in [0.1, 0.15) is 0 Å². The van der Waals surface area contributed by atoms with E-state index < -0.39 is 0 Å². The summed E-state index contributed by atoms with van der Waals surface area (Å²) in [4.78, 5) is 7.29. The number of anilines is 9. The fourth-order valence-corrected chi connectivity index (χ4v) is 21.8. The molecule has 0 fully saturated rings. The van der Waals surface area contributed by atoms with Gasteiger partial charge in [0.2, 0.25) is 0 Å². The van der Waals surface area contributed by atoms with Crippen molar-refractivity contribution in [3.8, 4) is 34.1 Å². The van der Waals surface area contributed by atoms with Crippen LogP contribution in [0.2, 0.25) is 0 Å². The molecule has 0 aliphatic heterocycles. The lowest BCUT2D eigenvalue weighted by Gasteiger charge is -2.26. The summed E-state index contributed by atoms with van der Waals surface area (Å²) in [6.45, 7) is 0. The third-order valence-electron chi connectivity index (χ3n) is 27.2. The molecule has 0 radical (unpaired) electrons. The van der Waals surface area contributed by atoms with E-state index in [0.717, 1.165) is 140 Å². The van der Waals surface area contributed by atoms with E-state index in [1.54, 1.807) is 0 Å². The zero-order valence-corrected chi connectivity index (χ0v) is 71.1. The first-order chi connectivity index (χ1) is 65.0. The second kappa shape index (κ2) is 29.5. The predicted octanol–water partition coefficient (Wildman–Crippen LogP) is 33.0. The molecule has 0 amide bonds. The van der Waals surface area contributed by atoms with Gasteiger partial charge < -0.3 is 42.1 Å². The number of rotatable bonds is 15. The molecule has 0 aliphatic carbocycles. The summed E-state index contributed by atoms with van der Waals surface area (Å²) in [5, 5.41) is 19.1. The fraction of sp³-hybridized carbons (Fsp3) is 0. The Bertz CT molecular complexity index is 8740. The van der Waals surface area contributed by atoms with Gasteiger partial charge in [-0.1, -0.05) is 261 Å². The molecular formula is C122H79N9. The van der Waals surface area contributed by atoms with Crippen LogP contribution in [-0.4, -0.2) is 27.4 Å². The fourth-order valence-electron chi connectivity index (χ4n) is 21.8. The smallest absolute Gasteiger partial charge is 0.0562 e. The van der Waals surface area contributed by atoms with Gasteiger partial charge in [0.1, 0.15) is 0 Å². The number of aromatic nitrogens is 6. The van der Waals surface area contributed by atoms with Crippen LogP contribution in [0.15, 0.2) is 479 Å². The molecule has 0 N–H and O–H groups in total. The first-order valence-corrected chi connectivity index (χ1v) is 45.0. The maximum Gasteiger partial charge on any atom is 0.0562 e. The van der Waals surface area contributed by atoms with E-state index in [1.807, 2.05) is 0 Å². The molecule has 0 unspecified atom stereocenters. The Hall–Kier alpha value is -17.7. The molecular weight excluding hydrogens is 1590 g/mol. The van der Waals surface area contributed by atoms with E-state index in [2.05, 4.69) is 521 Å². The van der Waals surface area contributed by atoms with E-state index in [1.165, 1.54) is 97.2 Å². The van der Waals surface area contributed by atoms with E-state index in [-0.39, 0.29) is 0 Å². The van der Waals surface area contributed by atoms with Gasteiger partial charge in [0.05, 0.1) is 66.2 Å². The number of para-hydroxylation sites is 11. The largest absolute Gasteiger partial charge is 0.310 e. The molecule has 21 aromatic carbocycles. The van der Waals surface area contributed by atoms with Crippen LogP contribution in [-0.2, 0) is 0 Å². The van der Waals surface area contributed by atoms with Crippen molar-refractivity contribution in [2.24, 2.45) is 0 Å². The molecule has 6 aromatic heterocycles. The number of hydrogen-bond acceptors (Lipinski definition) is 3. The Morgan fingerprint density at radius 1 is 0.107 bits per heavy atom. The van der Waals surface area contributed by atoms with Crippen molar-refractivity contribution in [2.45, 2.75) is 0 Å². The van der Waals surface area contributed by atoms with Gasteiger partial charge in [-0.05, 0) is 240 Å². The second-order valence-electron chi connectivity index (χ2n) is 34.3. The van der Waals surface area contributed by atoms with Crippen LogP contribution in [0.5, 0.6) is 0 Å². The van der Waals surface area contributed by atoms with Crippen molar-refractivity contribution in [2.75, 3.05) is 14.7 Å². The number of fused-ring (bicyclic) bond motifs is 24. The summed E-state index contributed by atoms with van der Waals surface area (Å²) in [7, 11) is 0. The maximum absolute atomic E-state index is 2.48. The highest BCUT2D eigenvalue weighted by molar-refractivity contribution is 6.32. The highest BCUT2D eigenvalue weighted by atomic mass is 15.2. The first kappa shape index (κ1) is 73.7. The van der Waals surface area contributed by atoms with Crippen molar-refractivity contribution in [1.82, 2.24) is 27.4 Å². The lowest BCUT2D eigenvalue weighted by atomic mass is 9.99. The Balaban J connectivity index is 0.622. The number of benzene rings is 21. The Morgan fingerprint density at radius 3 is 0.504 bits per heavy atom. The van der Waals surface area contributed by atoms with Gasteiger partial charge in [0, 0.05) is 150 Å². The van der Waals surface area contributed by atoms with Crippen molar-refractivity contribution in [3.63, 3.8) is 0 Å². The van der Waals surface area contributed by atoms with Crippen LogP contribution < -0.4 is 14.7 Å². The Kier molecular flexibility index (Phi) is 16.6. The SMILES string of the molecule is c1ccc(N(c2ccc3c4ccccc4n(-c4ccccc4)c3c2)c2ccc3c4c5ccc6c(c5ccc4n(-c4ccccc4)c3c2)c2ccc(N(c3ccccc3)c3ccc4c5c7ccc8c(c7ccc5n(-c5ccccc5)c4c3)c3ccc(N(c4ccccc4)c4ccc5c7ccccc7n(-c7ccccc7)c5c4)cc3n8-c3ccccc3)cc2n6-c2ccccc2)cc1. The van der Waals surface area contributed by atoms with Gasteiger partial charge in [-0.25, -0.2) is 0 Å². The molecule has 0 spiro atoms. The molecule has 0 saturated heterocycles. The number of nitrogens with zero attached hydrogens (tertiary/aromatic N) is 9. The minimum atomic E-state index is 1.03. The summed E-state index contributed by atoms with van der Waals surface area (Å²) in [6, 6.07) is 177.